The third-order valence-electron chi connectivity index (χ3n) is 2.99. The van der Waals surface area contributed by atoms with Crippen molar-refractivity contribution in [1.82, 2.24) is 10.2 Å². The summed E-state index contributed by atoms with van der Waals surface area (Å²) >= 11 is 0. The van der Waals surface area contributed by atoms with Crippen LogP contribution in [-0.4, -0.2) is 50.8 Å². The smallest absolute Gasteiger partial charge is 0.0615 e. The van der Waals surface area contributed by atoms with Gasteiger partial charge in [-0.15, -0.1) is 0 Å². The molecular formula is C11H26N2O. The van der Waals surface area contributed by atoms with Crippen LogP contribution in [0.4, 0.5) is 0 Å². The Labute approximate surface area is 88.8 Å². The maximum absolute atomic E-state index is 5.15. The number of nitrogens with one attached hydrogen (secondary N) is 1. The summed E-state index contributed by atoms with van der Waals surface area (Å²) in [5.74, 6) is 0. The van der Waals surface area contributed by atoms with Gasteiger partial charge in [-0.25, -0.2) is 0 Å². The van der Waals surface area contributed by atoms with Crippen LogP contribution in [0.25, 0.3) is 0 Å². The number of ether oxygens (including phenoxy) is 1. The number of nitrogens with zero attached hydrogens (tertiary/aromatic N) is 1. The van der Waals surface area contributed by atoms with Crippen LogP contribution in [-0.2, 0) is 4.74 Å². The molecule has 3 atom stereocenters. The maximum atomic E-state index is 5.15. The number of hydrogen-bond acceptors (Lipinski definition) is 3. The van der Waals surface area contributed by atoms with Crippen molar-refractivity contribution < 1.29 is 4.74 Å². The van der Waals surface area contributed by atoms with E-state index in [1.807, 2.05) is 7.05 Å². The molecule has 0 heterocycles. The first-order chi connectivity index (χ1) is 6.52. The van der Waals surface area contributed by atoms with E-state index in [1.54, 1.807) is 7.11 Å². The van der Waals surface area contributed by atoms with Crippen LogP contribution in [0.15, 0.2) is 0 Å². The molecule has 3 heteroatoms. The Morgan fingerprint density at radius 3 is 2.21 bits per heavy atom. The largest absolute Gasteiger partial charge is 0.383 e. The highest BCUT2D eigenvalue weighted by Crippen LogP contribution is 2.08. The molecule has 14 heavy (non-hydrogen) atoms. The van der Waals surface area contributed by atoms with Crippen molar-refractivity contribution in [3.63, 3.8) is 0 Å². The van der Waals surface area contributed by atoms with Crippen molar-refractivity contribution in [3.05, 3.63) is 0 Å². The fraction of sp³-hybridized carbons (Fsp3) is 1.00. The average molecular weight is 202 g/mol. The van der Waals surface area contributed by atoms with Gasteiger partial charge in [0, 0.05) is 25.2 Å². The Morgan fingerprint density at radius 1 is 1.21 bits per heavy atom. The molecule has 0 spiro atoms. The van der Waals surface area contributed by atoms with E-state index in [9.17, 15) is 0 Å². The van der Waals surface area contributed by atoms with E-state index in [-0.39, 0.29) is 0 Å². The molecule has 0 fully saturated rings. The fourth-order valence-electron chi connectivity index (χ4n) is 1.59. The first kappa shape index (κ1) is 13.9. The van der Waals surface area contributed by atoms with Gasteiger partial charge in [-0.1, -0.05) is 0 Å². The number of rotatable bonds is 7. The number of likely N-dealkylation sites (N-methyl/N-ethyl adjacent to an activating group) is 1. The number of methoxy groups -OCH3 is 1. The molecule has 0 saturated carbocycles. The summed E-state index contributed by atoms with van der Waals surface area (Å²) in [5, 5.41) is 3.26. The molecular weight excluding hydrogens is 176 g/mol. The summed E-state index contributed by atoms with van der Waals surface area (Å²) in [6.07, 6.45) is 1.17. The fourth-order valence-corrected chi connectivity index (χ4v) is 1.59. The molecule has 0 bridgehead atoms. The third-order valence-corrected chi connectivity index (χ3v) is 2.99. The highest BCUT2D eigenvalue weighted by molar-refractivity contribution is 4.73. The highest BCUT2D eigenvalue weighted by Gasteiger charge is 2.17. The zero-order valence-electron chi connectivity index (χ0n) is 10.5. The minimum absolute atomic E-state index is 0.485. The molecule has 0 saturated heterocycles. The van der Waals surface area contributed by atoms with Gasteiger partial charge in [0.25, 0.3) is 0 Å². The van der Waals surface area contributed by atoms with Gasteiger partial charge in [-0.3, -0.25) is 4.90 Å². The molecule has 0 aromatic rings. The van der Waals surface area contributed by atoms with E-state index < -0.39 is 0 Å². The van der Waals surface area contributed by atoms with E-state index in [4.69, 9.17) is 4.74 Å². The normalized spacial score (nSPS) is 18.2. The quantitative estimate of drug-likeness (QED) is 0.674. The molecule has 0 aliphatic heterocycles. The second-order valence-electron chi connectivity index (χ2n) is 4.24. The maximum Gasteiger partial charge on any atom is 0.0615 e. The van der Waals surface area contributed by atoms with E-state index in [1.165, 1.54) is 6.42 Å². The lowest BCUT2D eigenvalue weighted by atomic mass is 10.1. The molecule has 1 N–H and O–H groups in total. The van der Waals surface area contributed by atoms with Crippen molar-refractivity contribution in [1.29, 1.82) is 0 Å². The molecule has 0 aliphatic carbocycles. The Balaban J connectivity index is 3.90. The first-order valence-electron chi connectivity index (χ1n) is 5.41. The molecule has 0 aromatic heterocycles. The van der Waals surface area contributed by atoms with Crippen LogP contribution >= 0.6 is 0 Å². The second-order valence-corrected chi connectivity index (χ2v) is 4.24. The minimum atomic E-state index is 0.485. The van der Waals surface area contributed by atoms with E-state index in [2.05, 4.69) is 38.0 Å². The monoisotopic (exact) mass is 202 g/mol. The van der Waals surface area contributed by atoms with Gasteiger partial charge in [0.15, 0.2) is 0 Å². The molecule has 0 radical (unpaired) electrons. The predicted molar refractivity (Wildman–Crippen MR) is 61.7 cm³/mol. The topological polar surface area (TPSA) is 24.5 Å². The SMILES string of the molecule is CNC(C)CC(C)N(C)C(C)COC. The zero-order valence-corrected chi connectivity index (χ0v) is 10.5. The van der Waals surface area contributed by atoms with Crippen LogP contribution in [0.1, 0.15) is 27.2 Å². The Bertz CT molecular complexity index is 141. The van der Waals surface area contributed by atoms with E-state index in [0.29, 0.717) is 18.1 Å². The molecule has 3 unspecified atom stereocenters. The van der Waals surface area contributed by atoms with Crippen molar-refractivity contribution in [3.8, 4) is 0 Å². The first-order valence-corrected chi connectivity index (χ1v) is 5.41. The van der Waals surface area contributed by atoms with Gasteiger partial charge in [0.2, 0.25) is 0 Å². The van der Waals surface area contributed by atoms with Crippen LogP contribution < -0.4 is 5.32 Å². The predicted octanol–water partition coefficient (Wildman–Crippen LogP) is 1.34. The van der Waals surface area contributed by atoms with Crippen molar-refractivity contribution in [2.75, 3.05) is 27.8 Å². The minimum Gasteiger partial charge on any atom is -0.383 e. The summed E-state index contributed by atoms with van der Waals surface area (Å²) < 4.78 is 5.15. The van der Waals surface area contributed by atoms with Gasteiger partial charge in [0.05, 0.1) is 6.61 Å². The Morgan fingerprint density at radius 2 is 1.79 bits per heavy atom. The summed E-state index contributed by atoms with van der Waals surface area (Å²) in [5.41, 5.74) is 0. The van der Waals surface area contributed by atoms with Crippen molar-refractivity contribution >= 4 is 0 Å². The molecule has 86 valence electrons. The molecule has 3 nitrogen and oxygen atoms in total. The standard InChI is InChI=1S/C11H26N2O/c1-9(12-4)7-10(2)13(5)11(3)8-14-6/h9-12H,7-8H2,1-6H3. The van der Waals surface area contributed by atoms with Gasteiger partial charge < -0.3 is 10.1 Å². The summed E-state index contributed by atoms with van der Waals surface area (Å²) in [4.78, 5) is 2.37. The molecule has 0 rings (SSSR count). The molecule has 0 aliphatic rings. The molecule has 0 amide bonds. The zero-order chi connectivity index (χ0) is 11.1. The van der Waals surface area contributed by atoms with Gasteiger partial charge in [-0.05, 0) is 41.3 Å². The summed E-state index contributed by atoms with van der Waals surface area (Å²) in [6, 6.07) is 1.64. The van der Waals surface area contributed by atoms with Crippen LogP contribution in [0.5, 0.6) is 0 Å². The van der Waals surface area contributed by atoms with Crippen LogP contribution in [0.3, 0.4) is 0 Å². The van der Waals surface area contributed by atoms with E-state index >= 15 is 0 Å². The van der Waals surface area contributed by atoms with E-state index in [0.717, 1.165) is 6.61 Å². The van der Waals surface area contributed by atoms with Gasteiger partial charge >= 0.3 is 0 Å². The van der Waals surface area contributed by atoms with Crippen LogP contribution in [0.2, 0.25) is 0 Å². The Kier molecular flexibility index (Phi) is 7.15. The van der Waals surface area contributed by atoms with Crippen LogP contribution in [0, 0.1) is 0 Å². The number of hydrogen-bond donors (Lipinski definition) is 1. The highest BCUT2D eigenvalue weighted by atomic mass is 16.5. The third kappa shape index (κ3) is 4.94. The average Bonchev–Trinajstić information content (AvgIpc) is 2.16. The lowest BCUT2D eigenvalue weighted by molar-refractivity contribution is 0.0888. The van der Waals surface area contributed by atoms with Gasteiger partial charge in [-0.2, -0.15) is 0 Å². The summed E-state index contributed by atoms with van der Waals surface area (Å²) in [7, 11) is 5.93. The lowest BCUT2D eigenvalue weighted by Crippen LogP contribution is -2.42. The molecule has 0 aromatic carbocycles. The lowest BCUT2D eigenvalue weighted by Gasteiger charge is -2.31. The Hall–Kier alpha value is -0.120. The van der Waals surface area contributed by atoms with Crippen molar-refractivity contribution in [2.24, 2.45) is 0 Å². The second kappa shape index (κ2) is 7.21. The summed E-state index contributed by atoms with van der Waals surface area (Å²) in [6.45, 7) is 7.48. The van der Waals surface area contributed by atoms with Gasteiger partial charge in [0.1, 0.15) is 0 Å². The van der Waals surface area contributed by atoms with Crippen molar-refractivity contribution in [2.45, 2.75) is 45.3 Å².